The second-order valence-corrected chi connectivity index (χ2v) is 10.6. The Balaban J connectivity index is 1.54. The number of nitrogens with zero attached hydrogens (tertiary/aromatic N) is 3. The van der Waals surface area contributed by atoms with Crippen molar-refractivity contribution >= 4 is 23.4 Å². The van der Waals surface area contributed by atoms with E-state index in [1.165, 1.54) is 18.6 Å². The van der Waals surface area contributed by atoms with Gasteiger partial charge < -0.3 is 19.1 Å². The summed E-state index contributed by atoms with van der Waals surface area (Å²) in [7, 11) is 1.63. The summed E-state index contributed by atoms with van der Waals surface area (Å²) >= 11 is 6.15. The molecule has 3 aromatic rings. The van der Waals surface area contributed by atoms with Gasteiger partial charge in [0, 0.05) is 55.3 Å². The molecule has 1 aliphatic rings. The van der Waals surface area contributed by atoms with Gasteiger partial charge in [-0.25, -0.2) is 4.39 Å². The summed E-state index contributed by atoms with van der Waals surface area (Å²) in [6.45, 7) is 1.94. The zero-order chi connectivity index (χ0) is 27.6. The number of aromatic nitrogens is 1. The first-order chi connectivity index (χ1) is 18.9. The molecule has 2 aromatic carbocycles. The second-order valence-electron chi connectivity index (χ2n) is 10.2. The van der Waals surface area contributed by atoms with Crippen LogP contribution in [0.25, 0.3) is 0 Å². The van der Waals surface area contributed by atoms with Crippen LogP contribution in [0.15, 0.2) is 66.9 Å². The van der Waals surface area contributed by atoms with Crippen LogP contribution in [0.1, 0.15) is 60.1 Å². The first-order valence-corrected chi connectivity index (χ1v) is 14.0. The molecule has 0 radical (unpaired) electrons. The van der Waals surface area contributed by atoms with Crippen molar-refractivity contribution in [2.75, 3.05) is 26.8 Å². The van der Waals surface area contributed by atoms with Crippen LogP contribution in [-0.4, -0.2) is 59.0 Å². The normalized spacial score (nSPS) is 13.8. The van der Waals surface area contributed by atoms with E-state index in [9.17, 15) is 14.0 Å². The summed E-state index contributed by atoms with van der Waals surface area (Å²) in [5.41, 5.74) is 2.45. The number of amides is 2. The average molecular weight is 554 g/mol. The number of rotatable bonds is 12. The molecule has 0 N–H and O–H groups in total. The molecule has 0 saturated heterocycles. The van der Waals surface area contributed by atoms with Gasteiger partial charge in [-0.1, -0.05) is 49.1 Å². The Labute approximate surface area is 235 Å². The lowest BCUT2D eigenvalue weighted by Crippen LogP contribution is -2.48. The first kappa shape index (κ1) is 28.8. The third-order valence-electron chi connectivity index (χ3n) is 7.32. The minimum Gasteiger partial charge on any atom is -0.385 e. The minimum absolute atomic E-state index is 0.00969. The Morgan fingerprint density at radius 1 is 1.05 bits per heavy atom. The summed E-state index contributed by atoms with van der Waals surface area (Å²) in [5.74, 6) is -0.544. The van der Waals surface area contributed by atoms with Gasteiger partial charge in [0.15, 0.2) is 0 Å². The van der Waals surface area contributed by atoms with Crippen molar-refractivity contribution < 1.29 is 18.7 Å². The van der Waals surface area contributed by atoms with Crippen LogP contribution in [0.4, 0.5) is 4.39 Å². The van der Waals surface area contributed by atoms with E-state index in [1.54, 1.807) is 48.4 Å². The topological polar surface area (TPSA) is 54.8 Å². The number of hydrogen-bond donors (Lipinski definition) is 0. The number of methoxy groups -OCH3 is 1. The minimum atomic E-state index is -0.261. The van der Waals surface area contributed by atoms with E-state index < -0.39 is 0 Å². The molecule has 1 aromatic heterocycles. The Bertz CT molecular complexity index is 1220. The third kappa shape index (κ3) is 8.16. The number of hydrogen-bond acceptors (Lipinski definition) is 3. The van der Waals surface area contributed by atoms with Gasteiger partial charge in [0.1, 0.15) is 12.4 Å². The van der Waals surface area contributed by atoms with E-state index >= 15 is 0 Å². The highest BCUT2D eigenvalue weighted by Crippen LogP contribution is 2.25. The van der Waals surface area contributed by atoms with Gasteiger partial charge in [-0.15, -0.1) is 0 Å². The summed E-state index contributed by atoms with van der Waals surface area (Å²) in [6.07, 6.45) is 7.87. The highest BCUT2D eigenvalue weighted by atomic mass is 35.5. The Hall–Kier alpha value is -3.16. The second kappa shape index (κ2) is 14.3. The Morgan fingerprint density at radius 2 is 1.82 bits per heavy atom. The van der Waals surface area contributed by atoms with Gasteiger partial charge in [0.25, 0.3) is 5.91 Å². The molecule has 4 rings (SSSR count). The van der Waals surface area contributed by atoms with Crippen LogP contribution in [0.5, 0.6) is 0 Å². The fourth-order valence-corrected chi connectivity index (χ4v) is 5.42. The maximum absolute atomic E-state index is 13.9. The molecule has 2 amide bonds. The SMILES string of the molecule is COCCCN(CC(=O)N(Cc1cccn1Cc1ccc(F)cc1)C1CCCCC1)C(=O)c1cccc(Cl)c1. The quantitative estimate of drug-likeness (QED) is 0.252. The average Bonchev–Trinajstić information content (AvgIpc) is 3.39. The van der Waals surface area contributed by atoms with Crippen LogP contribution in [0, 0.1) is 5.82 Å². The molecule has 6 nitrogen and oxygen atoms in total. The fourth-order valence-electron chi connectivity index (χ4n) is 5.23. The molecular weight excluding hydrogens is 517 g/mol. The molecule has 0 spiro atoms. The number of halogens is 2. The van der Waals surface area contributed by atoms with Crippen LogP contribution < -0.4 is 0 Å². The summed E-state index contributed by atoms with van der Waals surface area (Å²) in [5, 5.41) is 0.481. The highest BCUT2D eigenvalue weighted by Gasteiger charge is 2.29. The number of ether oxygens (including phenoxy) is 1. The van der Waals surface area contributed by atoms with E-state index in [2.05, 4.69) is 4.57 Å². The summed E-state index contributed by atoms with van der Waals surface area (Å²) < 4.78 is 20.7. The Kier molecular flexibility index (Phi) is 10.6. The number of benzene rings is 2. The molecular formula is C31H37ClFN3O3. The maximum Gasteiger partial charge on any atom is 0.254 e. The van der Waals surface area contributed by atoms with Gasteiger partial charge >= 0.3 is 0 Å². The van der Waals surface area contributed by atoms with Gasteiger partial charge in [-0.2, -0.15) is 0 Å². The molecule has 1 saturated carbocycles. The molecule has 1 fully saturated rings. The van der Waals surface area contributed by atoms with Gasteiger partial charge in [-0.3, -0.25) is 9.59 Å². The number of carbonyl (C=O) groups is 2. The van der Waals surface area contributed by atoms with E-state index in [0.29, 0.717) is 43.2 Å². The van der Waals surface area contributed by atoms with Crippen LogP contribution in [0.3, 0.4) is 0 Å². The van der Waals surface area contributed by atoms with Crippen LogP contribution in [-0.2, 0) is 22.6 Å². The van der Waals surface area contributed by atoms with Crippen molar-refractivity contribution in [1.29, 1.82) is 0 Å². The predicted molar refractivity (Wildman–Crippen MR) is 151 cm³/mol. The van der Waals surface area contributed by atoms with Crippen molar-refractivity contribution in [2.24, 2.45) is 0 Å². The summed E-state index contributed by atoms with van der Waals surface area (Å²) in [6, 6.07) is 17.5. The monoisotopic (exact) mass is 553 g/mol. The molecule has 1 aliphatic carbocycles. The van der Waals surface area contributed by atoms with E-state index in [4.69, 9.17) is 16.3 Å². The smallest absolute Gasteiger partial charge is 0.254 e. The molecule has 208 valence electrons. The van der Waals surface area contributed by atoms with Gasteiger partial charge in [0.05, 0.1) is 6.54 Å². The lowest BCUT2D eigenvalue weighted by molar-refractivity contribution is -0.135. The van der Waals surface area contributed by atoms with Crippen LogP contribution >= 0.6 is 11.6 Å². The summed E-state index contributed by atoms with van der Waals surface area (Å²) in [4.78, 5) is 31.0. The van der Waals surface area contributed by atoms with Crippen molar-refractivity contribution in [2.45, 2.75) is 57.7 Å². The maximum atomic E-state index is 13.9. The first-order valence-electron chi connectivity index (χ1n) is 13.7. The van der Waals surface area contributed by atoms with Crippen molar-refractivity contribution in [3.8, 4) is 0 Å². The largest absolute Gasteiger partial charge is 0.385 e. The molecule has 8 heteroatoms. The van der Waals surface area contributed by atoms with Crippen molar-refractivity contribution in [3.63, 3.8) is 0 Å². The Morgan fingerprint density at radius 3 is 2.54 bits per heavy atom. The zero-order valence-corrected chi connectivity index (χ0v) is 23.3. The molecule has 1 heterocycles. The standard InChI is InChI=1S/C31H37ClFN3O3/c1-39-19-7-18-35(31(38)25-8-5-9-26(32)20-25)23-30(37)36(28-10-3-2-4-11-28)22-29-12-6-17-34(29)21-24-13-15-27(33)16-14-24/h5-6,8-9,12-17,20,28H,2-4,7,10-11,18-19,21-23H2,1H3. The lowest BCUT2D eigenvalue weighted by Gasteiger charge is -2.36. The molecule has 0 aliphatic heterocycles. The third-order valence-corrected chi connectivity index (χ3v) is 7.55. The molecule has 39 heavy (non-hydrogen) atoms. The number of carbonyl (C=O) groups excluding carboxylic acids is 2. The van der Waals surface area contributed by atoms with E-state index in [1.807, 2.05) is 23.2 Å². The fraction of sp³-hybridized carbons (Fsp3) is 0.419. The molecule has 0 unspecified atom stereocenters. The zero-order valence-electron chi connectivity index (χ0n) is 22.5. The molecule has 0 atom stereocenters. The van der Waals surface area contributed by atoms with Crippen LogP contribution in [0.2, 0.25) is 5.02 Å². The van der Waals surface area contributed by atoms with Crippen molar-refractivity contribution in [1.82, 2.24) is 14.4 Å². The van der Waals surface area contributed by atoms with Gasteiger partial charge in [-0.05, 0) is 67.3 Å². The van der Waals surface area contributed by atoms with Crippen molar-refractivity contribution in [3.05, 3.63) is 94.5 Å². The van der Waals surface area contributed by atoms with E-state index in [0.717, 1.165) is 36.9 Å². The highest BCUT2D eigenvalue weighted by molar-refractivity contribution is 6.31. The molecule has 0 bridgehead atoms. The lowest BCUT2D eigenvalue weighted by atomic mass is 9.94. The van der Waals surface area contributed by atoms with E-state index in [-0.39, 0.29) is 30.2 Å². The van der Waals surface area contributed by atoms with Gasteiger partial charge in [0.2, 0.25) is 5.91 Å². The predicted octanol–water partition coefficient (Wildman–Crippen LogP) is 6.17.